The minimum Gasteiger partial charge on any atom is -0.325 e. The average molecular weight is 305 g/mol. The maximum Gasteiger partial charge on any atom is 0.238 e. The number of sulfonamides is 1. The van der Waals surface area contributed by atoms with Gasteiger partial charge in [-0.15, -0.1) is 0 Å². The number of anilines is 1. The largest absolute Gasteiger partial charge is 0.325 e. The fourth-order valence-electron chi connectivity index (χ4n) is 1.77. The second-order valence-corrected chi connectivity index (χ2v) is 6.13. The molecule has 0 saturated heterocycles. The summed E-state index contributed by atoms with van der Waals surface area (Å²) >= 11 is 0. The molecular weight excluding hydrogens is 290 g/mol. The normalized spacial score (nSPS) is 11.1. The predicted molar refractivity (Wildman–Crippen MR) is 79.1 cm³/mol. The van der Waals surface area contributed by atoms with E-state index in [4.69, 9.17) is 5.14 Å². The van der Waals surface area contributed by atoms with Gasteiger partial charge >= 0.3 is 0 Å². The average Bonchev–Trinajstić information content (AvgIpc) is 2.41. The van der Waals surface area contributed by atoms with Crippen LogP contribution in [-0.2, 0) is 21.2 Å². The number of nitrogens with one attached hydrogen (secondary N) is 1. The van der Waals surface area contributed by atoms with Crippen molar-refractivity contribution >= 4 is 21.6 Å². The fourth-order valence-corrected chi connectivity index (χ4v) is 2.31. The SMILES string of the molecule is Cc1ccc(S(N)(=O)=O)cc1NC(=O)Cc1ccccn1. The Balaban J connectivity index is 2.17. The van der Waals surface area contributed by atoms with Crippen LogP contribution in [0.15, 0.2) is 47.5 Å². The molecule has 0 saturated carbocycles. The third kappa shape index (κ3) is 4.11. The van der Waals surface area contributed by atoms with Crippen molar-refractivity contribution in [2.45, 2.75) is 18.2 Å². The van der Waals surface area contributed by atoms with E-state index in [2.05, 4.69) is 10.3 Å². The molecule has 0 bridgehead atoms. The Kier molecular flexibility index (Phi) is 4.35. The number of carbonyl (C=O) groups is 1. The van der Waals surface area contributed by atoms with Crippen LogP contribution in [0.2, 0.25) is 0 Å². The molecule has 0 spiro atoms. The van der Waals surface area contributed by atoms with Gasteiger partial charge in [0.25, 0.3) is 0 Å². The van der Waals surface area contributed by atoms with E-state index in [1.807, 2.05) is 0 Å². The van der Waals surface area contributed by atoms with Crippen LogP contribution in [0.4, 0.5) is 5.69 Å². The van der Waals surface area contributed by atoms with Crippen LogP contribution in [0.25, 0.3) is 0 Å². The number of nitrogens with zero attached hydrogens (tertiary/aromatic N) is 1. The van der Waals surface area contributed by atoms with Gasteiger partial charge in [-0.05, 0) is 36.8 Å². The highest BCUT2D eigenvalue weighted by Gasteiger charge is 2.12. The number of aryl methyl sites for hydroxylation is 1. The third-order valence-corrected chi connectivity index (χ3v) is 3.79. The van der Waals surface area contributed by atoms with Gasteiger partial charge in [-0.2, -0.15) is 0 Å². The van der Waals surface area contributed by atoms with Gasteiger partial charge < -0.3 is 5.32 Å². The van der Waals surface area contributed by atoms with Gasteiger partial charge in [0.1, 0.15) is 0 Å². The van der Waals surface area contributed by atoms with E-state index >= 15 is 0 Å². The van der Waals surface area contributed by atoms with E-state index in [9.17, 15) is 13.2 Å². The summed E-state index contributed by atoms with van der Waals surface area (Å²) in [4.78, 5) is 16.0. The molecule has 6 nitrogen and oxygen atoms in total. The first-order valence-electron chi connectivity index (χ1n) is 6.19. The van der Waals surface area contributed by atoms with E-state index in [0.29, 0.717) is 11.4 Å². The monoisotopic (exact) mass is 305 g/mol. The van der Waals surface area contributed by atoms with Crippen molar-refractivity contribution in [1.82, 2.24) is 4.98 Å². The number of nitrogens with two attached hydrogens (primary N) is 1. The Morgan fingerprint density at radius 1 is 1.29 bits per heavy atom. The van der Waals surface area contributed by atoms with Crippen LogP contribution in [0.3, 0.4) is 0 Å². The number of amides is 1. The van der Waals surface area contributed by atoms with Crippen molar-refractivity contribution in [1.29, 1.82) is 0 Å². The van der Waals surface area contributed by atoms with Gasteiger partial charge in [-0.3, -0.25) is 9.78 Å². The molecule has 2 rings (SSSR count). The lowest BCUT2D eigenvalue weighted by atomic mass is 10.2. The number of hydrogen-bond donors (Lipinski definition) is 2. The van der Waals surface area contributed by atoms with E-state index in [1.54, 1.807) is 37.4 Å². The summed E-state index contributed by atoms with van der Waals surface area (Å²) in [5, 5.41) is 7.75. The van der Waals surface area contributed by atoms with E-state index < -0.39 is 10.0 Å². The van der Waals surface area contributed by atoms with Crippen molar-refractivity contribution in [3.63, 3.8) is 0 Å². The first-order valence-corrected chi connectivity index (χ1v) is 7.74. The zero-order chi connectivity index (χ0) is 15.5. The standard InChI is InChI=1S/C14H15N3O3S/c1-10-5-6-12(21(15,19)20)9-13(10)17-14(18)8-11-4-2-3-7-16-11/h2-7,9H,8H2,1H3,(H,17,18)(H2,15,19,20). The summed E-state index contributed by atoms with van der Waals surface area (Å²) < 4.78 is 22.7. The maximum absolute atomic E-state index is 12.0. The second-order valence-electron chi connectivity index (χ2n) is 4.57. The highest BCUT2D eigenvalue weighted by Crippen LogP contribution is 2.19. The molecule has 0 aliphatic heterocycles. The first kappa shape index (κ1) is 15.1. The van der Waals surface area contributed by atoms with Crippen molar-refractivity contribution < 1.29 is 13.2 Å². The van der Waals surface area contributed by atoms with Gasteiger partial charge in [0, 0.05) is 17.6 Å². The van der Waals surface area contributed by atoms with Crippen molar-refractivity contribution in [3.05, 3.63) is 53.9 Å². The van der Waals surface area contributed by atoms with Crippen molar-refractivity contribution in [2.24, 2.45) is 5.14 Å². The van der Waals surface area contributed by atoms with Crippen LogP contribution < -0.4 is 10.5 Å². The molecular formula is C14H15N3O3S. The Bertz CT molecular complexity index is 758. The lowest BCUT2D eigenvalue weighted by Crippen LogP contribution is -2.17. The Morgan fingerprint density at radius 2 is 2.05 bits per heavy atom. The molecule has 0 aliphatic carbocycles. The lowest BCUT2D eigenvalue weighted by Gasteiger charge is -2.09. The van der Waals surface area contributed by atoms with Crippen molar-refractivity contribution in [2.75, 3.05) is 5.32 Å². The molecule has 3 N–H and O–H groups in total. The van der Waals surface area contributed by atoms with Gasteiger partial charge in [0.15, 0.2) is 0 Å². The molecule has 1 aromatic heterocycles. The van der Waals surface area contributed by atoms with Gasteiger partial charge in [-0.25, -0.2) is 13.6 Å². The number of pyridine rings is 1. The molecule has 110 valence electrons. The fraction of sp³-hybridized carbons (Fsp3) is 0.143. The zero-order valence-corrected chi connectivity index (χ0v) is 12.2. The summed E-state index contributed by atoms with van der Waals surface area (Å²) in [6.45, 7) is 1.77. The van der Waals surface area contributed by atoms with Crippen LogP contribution in [-0.4, -0.2) is 19.3 Å². The highest BCUT2D eigenvalue weighted by atomic mass is 32.2. The molecule has 0 fully saturated rings. The molecule has 1 amide bonds. The smallest absolute Gasteiger partial charge is 0.238 e. The van der Waals surface area contributed by atoms with Crippen molar-refractivity contribution in [3.8, 4) is 0 Å². The molecule has 0 aliphatic rings. The van der Waals surface area contributed by atoms with E-state index in [-0.39, 0.29) is 17.2 Å². The number of primary sulfonamides is 1. The predicted octanol–water partition coefficient (Wildman–Crippen LogP) is 1.22. The van der Waals surface area contributed by atoms with Gasteiger partial charge in [-0.1, -0.05) is 12.1 Å². The summed E-state index contributed by atoms with van der Waals surface area (Å²) in [6.07, 6.45) is 1.72. The van der Waals surface area contributed by atoms with E-state index in [1.165, 1.54) is 12.1 Å². The lowest BCUT2D eigenvalue weighted by molar-refractivity contribution is -0.115. The Hall–Kier alpha value is -2.25. The molecule has 1 heterocycles. The van der Waals surface area contributed by atoms with Crippen LogP contribution in [0.1, 0.15) is 11.3 Å². The number of rotatable bonds is 4. The Labute approximate surface area is 123 Å². The molecule has 2 aromatic rings. The summed E-state index contributed by atoms with van der Waals surface area (Å²) in [6, 6.07) is 9.65. The summed E-state index contributed by atoms with van der Waals surface area (Å²) in [5.41, 5.74) is 1.80. The van der Waals surface area contributed by atoms with Gasteiger partial charge in [0.05, 0.1) is 11.3 Å². The van der Waals surface area contributed by atoms with Crippen LogP contribution >= 0.6 is 0 Å². The molecule has 0 unspecified atom stereocenters. The summed E-state index contributed by atoms with van der Waals surface area (Å²) in [7, 11) is -3.80. The molecule has 7 heteroatoms. The molecule has 0 radical (unpaired) electrons. The van der Waals surface area contributed by atoms with Crippen LogP contribution in [0, 0.1) is 6.92 Å². The van der Waals surface area contributed by atoms with E-state index in [0.717, 1.165) is 5.56 Å². The Morgan fingerprint density at radius 3 is 2.67 bits per heavy atom. The number of aromatic nitrogens is 1. The molecule has 21 heavy (non-hydrogen) atoms. The van der Waals surface area contributed by atoms with Crippen LogP contribution in [0.5, 0.6) is 0 Å². The number of carbonyl (C=O) groups excluding carboxylic acids is 1. The topological polar surface area (TPSA) is 102 Å². The second kappa shape index (κ2) is 6.02. The number of hydrogen-bond acceptors (Lipinski definition) is 4. The molecule has 0 atom stereocenters. The number of benzene rings is 1. The zero-order valence-electron chi connectivity index (χ0n) is 11.4. The minimum atomic E-state index is -3.80. The maximum atomic E-state index is 12.0. The minimum absolute atomic E-state index is 0.0405. The third-order valence-electron chi connectivity index (χ3n) is 2.88. The van der Waals surface area contributed by atoms with Gasteiger partial charge in [0.2, 0.25) is 15.9 Å². The highest BCUT2D eigenvalue weighted by molar-refractivity contribution is 7.89. The quantitative estimate of drug-likeness (QED) is 0.886. The molecule has 1 aromatic carbocycles. The summed E-state index contributed by atoms with van der Waals surface area (Å²) in [5.74, 6) is -0.275. The first-order chi connectivity index (χ1) is 9.86.